The first kappa shape index (κ1) is 20.2. The van der Waals surface area contributed by atoms with Crippen LogP contribution in [0.2, 0.25) is 0 Å². The molecule has 8 nitrogen and oxygen atoms in total. The van der Waals surface area contributed by atoms with Crippen LogP contribution in [0.25, 0.3) is 0 Å². The zero-order valence-corrected chi connectivity index (χ0v) is 15.6. The molecule has 8 heteroatoms. The molecule has 1 aromatic carbocycles. The Morgan fingerprint density at radius 1 is 1.19 bits per heavy atom. The quantitative estimate of drug-likeness (QED) is 0.682. The Labute approximate surface area is 154 Å². The highest BCUT2D eigenvalue weighted by Gasteiger charge is 2.21. The number of morpholine rings is 1. The highest BCUT2D eigenvalue weighted by molar-refractivity contribution is 5.94. The lowest BCUT2D eigenvalue weighted by Crippen LogP contribution is -2.48. The Morgan fingerprint density at radius 2 is 1.85 bits per heavy atom. The summed E-state index contributed by atoms with van der Waals surface area (Å²) in [5, 5.41) is 8.31. The zero-order valence-electron chi connectivity index (χ0n) is 15.6. The molecule has 1 aliphatic rings. The van der Waals surface area contributed by atoms with Crippen molar-refractivity contribution in [1.82, 2.24) is 10.2 Å². The van der Waals surface area contributed by atoms with E-state index >= 15 is 0 Å². The second-order valence-corrected chi connectivity index (χ2v) is 6.46. The van der Waals surface area contributed by atoms with E-state index in [1.165, 1.54) is 7.11 Å². The minimum absolute atomic E-state index is 0.0169. The predicted molar refractivity (Wildman–Crippen MR) is 100 cm³/mol. The average molecular weight is 364 g/mol. The molecule has 1 heterocycles. The van der Waals surface area contributed by atoms with Gasteiger partial charge in [-0.15, -0.1) is 0 Å². The van der Waals surface area contributed by atoms with Crippen LogP contribution < -0.4 is 16.0 Å². The smallest absolute Gasteiger partial charge is 0.319 e. The van der Waals surface area contributed by atoms with Crippen molar-refractivity contribution in [3.63, 3.8) is 0 Å². The number of anilines is 2. The van der Waals surface area contributed by atoms with E-state index in [0.717, 1.165) is 19.6 Å². The fraction of sp³-hybridized carbons (Fsp3) is 0.556. The number of benzene rings is 1. The summed E-state index contributed by atoms with van der Waals surface area (Å²) in [4.78, 5) is 25.9. The van der Waals surface area contributed by atoms with E-state index in [4.69, 9.17) is 9.47 Å². The fourth-order valence-corrected chi connectivity index (χ4v) is 2.97. The van der Waals surface area contributed by atoms with E-state index in [9.17, 15) is 9.59 Å². The van der Waals surface area contributed by atoms with Gasteiger partial charge in [0.25, 0.3) is 0 Å². The molecule has 2 rings (SSSR count). The van der Waals surface area contributed by atoms with Crippen LogP contribution >= 0.6 is 0 Å². The standard InChI is InChI=1S/C18H28N4O4/c1-13-10-22(11-14(2)26-13)8-7-19-18(24)21-16-6-4-5-15(9-16)20-17(23)12-25-3/h4-6,9,13-14H,7-8,10-12H2,1-3H3,(H,20,23)(H2,19,21,24). The van der Waals surface area contributed by atoms with Gasteiger partial charge in [0.15, 0.2) is 0 Å². The number of ether oxygens (including phenoxy) is 2. The summed E-state index contributed by atoms with van der Waals surface area (Å²) in [6.45, 7) is 7.17. The van der Waals surface area contributed by atoms with E-state index < -0.39 is 0 Å². The fourth-order valence-electron chi connectivity index (χ4n) is 2.97. The summed E-state index contributed by atoms with van der Waals surface area (Å²) in [6, 6.07) is 6.68. The summed E-state index contributed by atoms with van der Waals surface area (Å²) in [6.07, 6.45) is 0.423. The number of hydrogen-bond donors (Lipinski definition) is 3. The Bertz CT molecular complexity index is 601. The molecule has 2 atom stereocenters. The molecule has 0 bridgehead atoms. The first-order valence-electron chi connectivity index (χ1n) is 8.77. The molecule has 26 heavy (non-hydrogen) atoms. The number of hydrogen-bond acceptors (Lipinski definition) is 5. The van der Waals surface area contributed by atoms with Crippen LogP contribution in [0.1, 0.15) is 13.8 Å². The maximum atomic E-state index is 12.0. The molecule has 144 valence electrons. The number of nitrogens with zero attached hydrogens (tertiary/aromatic N) is 1. The molecule has 1 fully saturated rings. The highest BCUT2D eigenvalue weighted by atomic mass is 16.5. The van der Waals surface area contributed by atoms with E-state index in [1.54, 1.807) is 24.3 Å². The van der Waals surface area contributed by atoms with Crippen molar-refractivity contribution < 1.29 is 19.1 Å². The van der Waals surface area contributed by atoms with Gasteiger partial charge in [0.1, 0.15) is 6.61 Å². The van der Waals surface area contributed by atoms with Crippen LogP contribution in [0.15, 0.2) is 24.3 Å². The Balaban J connectivity index is 1.74. The Morgan fingerprint density at radius 3 is 2.50 bits per heavy atom. The van der Waals surface area contributed by atoms with Gasteiger partial charge in [-0.3, -0.25) is 9.69 Å². The van der Waals surface area contributed by atoms with Gasteiger partial charge in [-0.05, 0) is 32.0 Å². The van der Waals surface area contributed by atoms with Crippen molar-refractivity contribution in [2.75, 3.05) is 50.5 Å². The van der Waals surface area contributed by atoms with Crippen LogP contribution in [0.4, 0.5) is 16.2 Å². The van der Waals surface area contributed by atoms with Gasteiger partial charge in [-0.1, -0.05) is 6.07 Å². The third-order valence-electron chi connectivity index (χ3n) is 3.89. The number of nitrogens with one attached hydrogen (secondary N) is 3. The first-order valence-corrected chi connectivity index (χ1v) is 8.77. The minimum Gasteiger partial charge on any atom is -0.375 e. The second kappa shape index (κ2) is 10.1. The molecule has 3 N–H and O–H groups in total. The number of carbonyl (C=O) groups excluding carboxylic acids is 2. The number of methoxy groups -OCH3 is 1. The molecule has 0 saturated carbocycles. The van der Waals surface area contributed by atoms with Crippen LogP contribution in [-0.2, 0) is 14.3 Å². The van der Waals surface area contributed by atoms with Crippen molar-refractivity contribution in [3.8, 4) is 0 Å². The van der Waals surface area contributed by atoms with Gasteiger partial charge in [0, 0.05) is 44.7 Å². The molecule has 0 aromatic heterocycles. The molecular weight excluding hydrogens is 336 g/mol. The van der Waals surface area contributed by atoms with Crippen LogP contribution in [0.5, 0.6) is 0 Å². The van der Waals surface area contributed by atoms with E-state index in [0.29, 0.717) is 17.9 Å². The first-order chi connectivity index (χ1) is 12.5. The molecule has 0 radical (unpaired) electrons. The number of carbonyl (C=O) groups is 2. The van der Waals surface area contributed by atoms with Crippen LogP contribution in [0, 0.1) is 0 Å². The van der Waals surface area contributed by atoms with Crippen molar-refractivity contribution in [1.29, 1.82) is 0 Å². The normalized spacial score (nSPS) is 20.4. The van der Waals surface area contributed by atoms with Gasteiger partial charge in [-0.25, -0.2) is 4.79 Å². The van der Waals surface area contributed by atoms with Crippen molar-refractivity contribution >= 4 is 23.3 Å². The number of rotatable bonds is 7. The van der Waals surface area contributed by atoms with Gasteiger partial charge in [0.05, 0.1) is 12.2 Å². The molecule has 0 spiro atoms. The van der Waals surface area contributed by atoms with E-state index in [1.807, 2.05) is 0 Å². The maximum Gasteiger partial charge on any atom is 0.319 e. The molecule has 0 aliphatic carbocycles. The third kappa shape index (κ3) is 6.99. The van der Waals surface area contributed by atoms with Crippen LogP contribution in [-0.4, -0.2) is 68.9 Å². The predicted octanol–water partition coefficient (Wildman–Crippen LogP) is 1.50. The number of amides is 3. The molecule has 2 unspecified atom stereocenters. The lowest BCUT2D eigenvalue weighted by atomic mass is 10.2. The average Bonchev–Trinajstić information content (AvgIpc) is 2.54. The lowest BCUT2D eigenvalue weighted by molar-refractivity contribution is -0.119. The van der Waals surface area contributed by atoms with Crippen molar-refractivity contribution in [2.45, 2.75) is 26.1 Å². The third-order valence-corrected chi connectivity index (χ3v) is 3.89. The molecular formula is C18H28N4O4. The van der Waals surface area contributed by atoms with Crippen molar-refractivity contribution in [3.05, 3.63) is 24.3 Å². The molecule has 1 saturated heterocycles. The highest BCUT2D eigenvalue weighted by Crippen LogP contribution is 2.15. The Kier molecular flexibility index (Phi) is 7.83. The van der Waals surface area contributed by atoms with E-state index in [2.05, 4.69) is 34.7 Å². The summed E-state index contributed by atoms with van der Waals surface area (Å²) >= 11 is 0. The van der Waals surface area contributed by atoms with Gasteiger partial charge < -0.3 is 25.4 Å². The molecule has 1 aromatic rings. The Hall–Kier alpha value is -2.16. The monoisotopic (exact) mass is 364 g/mol. The van der Waals surface area contributed by atoms with Gasteiger partial charge >= 0.3 is 6.03 Å². The summed E-state index contributed by atoms with van der Waals surface area (Å²) in [5.41, 5.74) is 1.20. The number of urea groups is 1. The molecule has 1 aliphatic heterocycles. The van der Waals surface area contributed by atoms with Gasteiger partial charge in [-0.2, -0.15) is 0 Å². The zero-order chi connectivity index (χ0) is 18.9. The summed E-state index contributed by atoms with van der Waals surface area (Å²) in [5.74, 6) is -0.247. The molecule has 3 amide bonds. The summed E-state index contributed by atoms with van der Waals surface area (Å²) < 4.78 is 10.5. The second-order valence-electron chi connectivity index (χ2n) is 6.46. The van der Waals surface area contributed by atoms with Crippen molar-refractivity contribution in [2.24, 2.45) is 0 Å². The van der Waals surface area contributed by atoms with Gasteiger partial charge in [0.2, 0.25) is 5.91 Å². The summed E-state index contributed by atoms with van der Waals surface area (Å²) in [7, 11) is 1.46. The topological polar surface area (TPSA) is 91.9 Å². The lowest BCUT2D eigenvalue weighted by Gasteiger charge is -2.35. The SMILES string of the molecule is COCC(=O)Nc1cccc(NC(=O)NCCN2CC(C)OC(C)C2)c1. The minimum atomic E-state index is -0.278. The van der Waals surface area contributed by atoms with E-state index in [-0.39, 0.29) is 30.8 Å². The largest absolute Gasteiger partial charge is 0.375 e. The van der Waals surface area contributed by atoms with Crippen LogP contribution in [0.3, 0.4) is 0 Å². The maximum absolute atomic E-state index is 12.0.